The number of hydrogen-bond donors (Lipinski definition) is 0. The second-order valence-corrected chi connectivity index (χ2v) is 7.75. The predicted molar refractivity (Wildman–Crippen MR) is 106 cm³/mol. The van der Waals surface area contributed by atoms with Crippen molar-refractivity contribution in [2.45, 2.75) is 25.1 Å². The summed E-state index contributed by atoms with van der Waals surface area (Å²) >= 11 is 1.88. The van der Waals surface area contributed by atoms with E-state index in [2.05, 4.69) is 54.1 Å². The van der Waals surface area contributed by atoms with E-state index in [9.17, 15) is 0 Å². The molecule has 2 heterocycles. The van der Waals surface area contributed by atoms with Crippen LogP contribution in [-0.4, -0.2) is 27.8 Å². The largest absolute Gasteiger partial charge is 0.454 e. The van der Waals surface area contributed by atoms with Gasteiger partial charge in [-0.1, -0.05) is 43.3 Å². The van der Waals surface area contributed by atoms with E-state index in [4.69, 9.17) is 14.5 Å². The van der Waals surface area contributed by atoms with E-state index in [1.807, 2.05) is 30.2 Å². The van der Waals surface area contributed by atoms with E-state index in [-0.39, 0.29) is 0 Å². The molecule has 4 nitrogen and oxygen atoms in total. The van der Waals surface area contributed by atoms with E-state index < -0.39 is 0 Å². The SMILES string of the molecule is CSC(C)Cc1c(-c2ccccc2)ncn1Cc1ccc2c(c1)OCO2. The summed E-state index contributed by atoms with van der Waals surface area (Å²) in [6.07, 6.45) is 5.09. The van der Waals surface area contributed by atoms with Crippen molar-refractivity contribution in [1.82, 2.24) is 9.55 Å². The number of fused-ring (bicyclic) bond motifs is 1. The molecule has 3 aromatic rings. The maximum absolute atomic E-state index is 5.51. The summed E-state index contributed by atoms with van der Waals surface area (Å²) in [6.45, 7) is 3.34. The molecule has 0 N–H and O–H groups in total. The van der Waals surface area contributed by atoms with Crippen LogP contribution in [0.4, 0.5) is 0 Å². The molecule has 1 unspecified atom stereocenters. The fourth-order valence-corrected chi connectivity index (χ4v) is 3.51. The molecule has 1 aliphatic rings. The molecule has 0 fully saturated rings. The summed E-state index contributed by atoms with van der Waals surface area (Å²) < 4.78 is 13.2. The fourth-order valence-electron chi connectivity index (χ4n) is 3.19. The molecule has 5 heteroatoms. The quantitative estimate of drug-likeness (QED) is 0.638. The summed E-state index contributed by atoms with van der Waals surface area (Å²) in [7, 11) is 0. The number of hydrogen-bond acceptors (Lipinski definition) is 4. The second-order valence-electron chi connectivity index (χ2n) is 6.47. The zero-order valence-corrected chi connectivity index (χ0v) is 15.8. The van der Waals surface area contributed by atoms with Gasteiger partial charge in [0, 0.05) is 29.5 Å². The van der Waals surface area contributed by atoms with Gasteiger partial charge in [-0.05, 0) is 24.0 Å². The lowest BCUT2D eigenvalue weighted by Gasteiger charge is -2.14. The van der Waals surface area contributed by atoms with Crippen LogP contribution >= 0.6 is 11.8 Å². The van der Waals surface area contributed by atoms with E-state index in [0.717, 1.165) is 30.2 Å². The van der Waals surface area contributed by atoms with Gasteiger partial charge in [0.15, 0.2) is 11.5 Å². The number of benzene rings is 2. The summed E-state index contributed by atoms with van der Waals surface area (Å²) in [6, 6.07) is 16.6. The summed E-state index contributed by atoms with van der Waals surface area (Å²) in [5.41, 5.74) is 4.70. The summed E-state index contributed by atoms with van der Waals surface area (Å²) in [4.78, 5) is 4.74. The lowest BCUT2D eigenvalue weighted by molar-refractivity contribution is 0.174. The minimum absolute atomic E-state index is 0.304. The third-order valence-corrected chi connectivity index (χ3v) is 5.64. The Morgan fingerprint density at radius 2 is 1.92 bits per heavy atom. The van der Waals surface area contributed by atoms with Crippen molar-refractivity contribution in [1.29, 1.82) is 0 Å². The standard InChI is InChI=1S/C21H22N2O2S/c1-15(26-2)10-18-21(17-6-4-3-5-7-17)22-13-23(18)12-16-8-9-19-20(11-16)25-14-24-19/h3-9,11,13,15H,10,12,14H2,1-2H3. The minimum Gasteiger partial charge on any atom is -0.454 e. The molecule has 0 radical (unpaired) electrons. The summed E-state index contributed by atoms with van der Waals surface area (Å²) in [5, 5.41) is 0.532. The number of aromatic nitrogens is 2. The highest BCUT2D eigenvalue weighted by atomic mass is 32.2. The van der Waals surface area contributed by atoms with Crippen LogP contribution < -0.4 is 9.47 Å². The molecule has 0 amide bonds. The molecule has 134 valence electrons. The van der Waals surface area contributed by atoms with Crippen LogP contribution in [0.2, 0.25) is 0 Å². The third kappa shape index (κ3) is 3.44. The predicted octanol–water partition coefficient (Wildman–Crippen LogP) is 4.62. The first-order valence-corrected chi connectivity index (χ1v) is 10.0. The van der Waals surface area contributed by atoms with E-state index >= 15 is 0 Å². The molecule has 1 aliphatic heterocycles. The van der Waals surface area contributed by atoms with Gasteiger partial charge in [-0.15, -0.1) is 0 Å². The highest BCUT2D eigenvalue weighted by Gasteiger charge is 2.17. The zero-order valence-electron chi connectivity index (χ0n) is 15.0. The van der Waals surface area contributed by atoms with Gasteiger partial charge in [0.1, 0.15) is 0 Å². The third-order valence-electron chi connectivity index (χ3n) is 4.67. The number of nitrogens with zero attached hydrogens (tertiary/aromatic N) is 2. The Kier molecular flexibility index (Phi) is 4.89. The van der Waals surface area contributed by atoms with Crippen molar-refractivity contribution in [3.8, 4) is 22.8 Å². The first-order valence-electron chi connectivity index (χ1n) is 8.75. The van der Waals surface area contributed by atoms with Crippen LogP contribution in [0.5, 0.6) is 11.5 Å². The smallest absolute Gasteiger partial charge is 0.231 e. The Hall–Kier alpha value is -2.40. The molecule has 4 rings (SSSR count). The number of rotatable bonds is 6. The fraction of sp³-hybridized carbons (Fsp3) is 0.286. The molecule has 0 saturated heterocycles. The molecule has 26 heavy (non-hydrogen) atoms. The maximum atomic E-state index is 5.51. The highest BCUT2D eigenvalue weighted by Crippen LogP contribution is 2.33. The van der Waals surface area contributed by atoms with Crippen LogP contribution in [0.1, 0.15) is 18.2 Å². The Balaban J connectivity index is 1.68. The lowest BCUT2D eigenvalue weighted by Crippen LogP contribution is -2.10. The maximum Gasteiger partial charge on any atom is 0.231 e. The van der Waals surface area contributed by atoms with E-state index in [0.29, 0.717) is 12.0 Å². The van der Waals surface area contributed by atoms with Gasteiger partial charge >= 0.3 is 0 Å². The van der Waals surface area contributed by atoms with Crippen molar-refractivity contribution < 1.29 is 9.47 Å². The van der Waals surface area contributed by atoms with Crippen LogP contribution in [0.15, 0.2) is 54.9 Å². The molecule has 0 spiro atoms. The average molecular weight is 366 g/mol. The molecular formula is C21H22N2O2S. The topological polar surface area (TPSA) is 36.3 Å². The zero-order chi connectivity index (χ0) is 17.9. The number of imidazole rings is 1. The van der Waals surface area contributed by atoms with Gasteiger partial charge in [0.2, 0.25) is 6.79 Å². The van der Waals surface area contributed by atoms with Crippen LogP contribution in [0, 0.1) is 0 Å². The Morgan fingerprint density at radius 1 is 1.12 bits per heavy atom. The summed E-state index contributed by atoms with van der Waals surface area (Å²) in [5.74, 6) is 1.64. The van der Waals surface area contributed by atoms with Gasteiger partial charge in [-0.3, -0.25) is 0 Å². The Labute approximate surface area is 158 Å². The molecule has 0 bridgehead atoms. The number of ether oxygens (including phenoxy) is 2. The van der Waals surface area contributed by atoms with Crippen LogP contribution in [-0.2, 0) is 13.0 Å². The van der Waals surface area contributed by atoms with Gasteiger partial charge < -0.3 is 14.0 Å². The molecule has 2 aromatic carbocycles. The Morgan fingerprint density at radius 3 is 2.73 bits per heavy atom. The van der Waals surface area contributed by atoms with Gasteiger partial charge in [0.25, 0.3) is 0 Å². The minimum atomic E-state index is 0.304. The van der Waals surface area contributed by atoms with Crippen LogP contribution in [0.3, 0.4) is 0 Å². The van der Waals surface area contributed by atoms with Crippen molar-refractivity contribution in [2.24, 2.45) is 0 Å². The molecular weight excluding hydrogens is 344 g/mol. The molecule has 0 aliphatic carbocycles. The van der Waals surface area contributed by atoms with E-state index in [1.165, 1.54) is 16.8 Å². The Bertz CT molecular complexity index is 892. The van der Waals surface area contributed by atoms with Gasteiger partial charge in [-0.25, -0.2) is 4.98 Å². The monoisotopic (exact) mass is 366 g/mol. The average Bonchev–Trinajstić information content (AvgIpc) is 3.29. The number of thioether (sulfide) groups is 1. The van der Waals surface area contributed by atoms with Crippen molar-refractivity contribution in [3.05, 3.63) is 66.1 Å². The molecule has 0 saturated carbocycles. The van der Waals surface area contributed by atoms with Crippen molar-refractivity contribution >= 4 is 11.8 Å². The van der Waals surface area contributed by atoms with Gasteiger partial charge in [0.05, 0.1) is 12.0 Å². The highest BCUT2D eigenvalue weighted by molar-refractivity contribution is 7.99. The van der Waals surface area contributed by atoms with Crippen LogP contribution in [0.25, 0.3) is 11.3 Å². The van der Waals surface area contributed by atoms with Crippen molar-refractivity contribution in [2.75, 3.05) is 13.0 Å². The molecule has 1 atom stereocenters. The van der Waals surface area contributed by atoms with E-state index in [1.54, 1.807) is 0 Å². The van der Waals surface area contributed by atoms with Crippen molar-refractivity contribution in [3.63, 3.8) is 0 Å². The lowest BCUT2D eigenvalue weighted by atomic mass is 10.1. The first kappa shape index (κ1) is 17.0. The second kappa shape index (κ2) is 7.46. The van der Waals surface area contributed by atoms with Gasteiger partial charge in [-0.2, -0.15) is 11.8 Å². The molecule has 1 aromatic heterocycles. The normalized spacial score (nSPS) is 13.8. The first-order chi connectivity index (χ1) is 12.7.